The third kappa shape index (κ3) is 4.60. The fourth-order valence-electron chi connectivity index (χ4n) is 4.58. The zero-order chi connectivity index (χ0) is 21.9. The topological polar surface area (TPSA) is 87.7 Å². The summed E-state index contributed by atoms with van der Waals surface area (Å²) in [5.41, 5.74) is 0.343. The second kappa shape index (κ2) is 8.66. The first-order valence-corrected chi connectivity index (χ1v) is 10.7. The summed E-state index contributed by atoms with van der Waals surface area (Å²) in [5.74, 6) is 0.697. The Balaban J connectivity index is 1.52. The van der Waals surface area contributed by atoms with E-state index in [-0.39, 0.29) is 23.8 Å². The quantitative estimate of drug-likeness (QED) is 0.700. The van der Waals surface area contributed by atoms with Crippen molar-refractivity contribution in [3.63, 3.8) is 0 Å². The van der Waals surface area contributed by atoms with E-state index in [4.69, 9.17) is 4.74 Å². The minimum absolute atomic E-state index is 0.189. The molecule has 164 valence electrons. The number of carbonyl (C=O) groups is 3. The fraction of sp³-hybridized carbons (Fsp3) is 0.609. The van der Waals surface area contributed by atoms with Gasteiger partial charge in [-0.25, -0.2) is 4.79 Å². The Morgan fingerprint density at radius 3 is 2.53 bits per heavy atom. The van der Waals surface area contributed by atoms with Crippen LogP contribution in [0.1, 0.15) is 52.0 Å². The number of rotatable bonds is 6. The number of hydrogen-bond donors (Lipinski definition) is 2. The van der Waals surface area contributed by atoms with Gasteiger partial charge in [0.15, 0.2) is 0 Å². The summed E-state index contributed by atoms with van der Waals surface area (Å²) in [6, 6.07) is 7.16. The first-order valence-electron chi connectivity index (χ1n) is 10.7. The van der Waals surface area contributed by atoms with Crippen molar-refractivity contribution in [2.45, 2.75) is 58.4 Å². The summed E-state index contributed by atoms with van der Waals surface area (Å²) in [5, 5.41) is 5.68. The SMILES string of the molecule is COc1ccccc1CCNC(=O)CN1C(=O)NC2(CCC(C(C)(C)C)CC2)C1=O. The van der Waals surface area contributed by atoms with Gasteiger partial charge in [0, 0.05) is 6.54 Å². The molecule has 0 radical (unpaired) electrons. The van der Waals surface area contributed by atoms with Crippen LogP contribution in [0.3, 0.4) is 0 Å². The molecule has 1 aromatic carbocycles. The summed E-state index contributed by atoms with van der Waals surface area (Å²) in [4.78, 5) is 38.9. The van der Waals surface area contributed by atoms with Crippen molar-refractivity contribution in [3.05, 3.63) is 29.8 Å². The maximum Gasteiger partial charge on any atom is 0.325 e. The second-order valence-corrected chi connectivity index (χ2v) is 9.46. The highest BCUT2D eigenvalue weighted by Crippen LogP contribution is 2.43. The van der Waals surface area contributed by atoms with Gasteiger partial charge in [0.05, 0.1) is 7.11 Å². The summed E-state index contributed by atoms with van der Waals surface area (Å²) in [6.45, 7) is 6.80. The predicted octanol–water partition coefficient (Wildman–Crippen LogP) is 2.88. The van der Waals surface area contributed by atoms with Crippen LogP contribution < -0.4 is 15.4 Å². The van der Waals surface area contributed by atoms with Crippen LogP contribution in [-0.2, 0) is 16.0 Å². The lowest BCUT2D eigenvalue weighted by molar-refractivity contribution is -0.136. The van der Waals surface area contributed by atoms with Crippen LogP contribution in [-0.4, -0.2) is 48.5 Å². The number of nitrogens with one attached hydrogen (secondary N) is 2. The third-order valence-electron chi connectivity index (χ3n) is 6.52. The smallest absolute Gasteiger partial charge is 0.325 e. The highest BCUT2D eigenvalue weighted by Gasteiger charge is 2.53. The van der Waals surface area contributed by atoms with Gasteiger partial charge < -0.3 is 15.4 Å². The lowest BCUT2D eigenvalue weighted by Gasteiger charge is -2.40. The van der Waals surface area contributed by atoms with Gasteiger partial charge in [0.25, 0.3) is 5.91 Å². The number of para-hydroxylation sites is 1. The number of ether oxygens (including phenoxy) is 1. The largest absolute Gasteiger partial charge is 0.496 e. The molecule has 1 aliphatic heterocycles. The molecule has 1 saturated heterocycles. The molecule has 0 bridgehead atoms. The molecule has 4 amide bonds. The van der Waals surface area contributed by atoms with E-state index in [1.54, 1.807) is 7.11 Å². The van der Waals surface area contributed by atoms with Crippen molar-refractivity contribution in [2.75, 3.05) is 20.2 Å². The van der Waals surface area contributed by atoms with Gasteiger partial charge in [-0.3, -0.25) is 14.5 Å². The summed E-state index contributed by atoms with van der Waals surface area (Å²) < 4.78 is 5.31. The Morgan fingerprint density at radius 1 is 1.23 bits per heavy atom. The zero-order valence-electron chi connectivity index (χ0n) is 18.4. The van der Waals surface area contributed by atoms with E-state index in [0.717, 1.165) is 29.1 Å². The van der Waals surface area contributed by atoms with Crippen molar-refractivity contribution < 1.29 is 19.1 Å². The van der Waals surface area contributed by atoms with E-state index in [2.05, 4.69) is 31.4 Å². The van der Waals surface area contributed by atoms with E-state index < -0.39 is 11.6 Å². The summed E-state index contributed by atoms with van der Waals surface area (Å²) in [6.07, 6.45) is 3.66. The van der Waals surface area contributed by atoms with E-state index in [1.807, 2.05) is 24.3 Å². The molecule has 1 aliphatic carbocycles. The average molecular weight is 416 g/mol. The monoisotopic (exact) mass is 415 g/mol. The van der Waals surface area contributed by atoms with Crippen LogP contribution in [0.15, 0.2) is 24.3 Å². The number of benzene rings is 1. The Labute approximate surface area is 178 Å². The van der Waals surface area contributed by atoms with Gasteiger partial charge in [-0.15, -0.1) is 0 Å². The maximum atomic E-state index is 13.0. The van der Waals surface area contributed by atoms with Gasteiger partial charge in [-0.1, -0.05) is 39.0 Å². The Morgan fingerprint density at radius 2 is 1.90 bits per heavy atom. The number of nitrogens with zero attached hydrogens (tertiary/aromatic N) is 1. The molecule has 0 atom stereocenters. The molecule has 0 aromatic heterocycles. The molecule has 1 heterocycles. The Bertz CT molecular complexity index is 807. The molecule has 7 nitrogen and oxygen atoms in total. The van der Waals surface area contributed by atoms with Crippen LogP contribution in [0.2, 0.25) is 0 Å². The first-order chi connectivity index (χ1) is 14.2. The minimum Gasteiger partial charge on any atom is -0.496 e. The highest BCUT2D eigenvalue weighted by molar-refractivity contribution is 6.09. The lowest BCUT2D eigenvalue weighted by atomic mass is 9.67. The molecule has 7 heteroatoms. The van der Waals surface area contributed by atoms with Crippen LogP contribution in [0, 0.1) is 11.3 Å². The van der Waals surface area contributed by atoms with Gasteiger partial charge in [-0.05, 0) is 55.1 Å². The number of carbonyl (C=O) groups excluding carboxylic acids is 3. The summed E-state index contributed by atoms with van der Waals surface area (Å²) in [7, 11) is 1.61. The molecule has 2 fully saturated rings. The van der Waals surface area contributed by atoms with Gasteiger partial charge in [0.2, 0.25) is 5.91 Å². The molecule has 2 aliphatic rings. The van der Waals surface area contributed by atoms with Crippen LogP contribution in [0.5, 0.6) is 5.75 Å². The van der Waals surface area contributed by atoms with E-state index in [1.165, 1.54) is 0 Å². The molecular weight excluding hydrogens is 382 g/mol. The Kier molecular flexibility index (Phi) is 6.38. The van der Waals surface area contributed by atoms with Crippen molar-refractivity contribution in [1.29, 1.82) is 0 Å². The van der Waals surface area contributed by atoms with Crippen LogP contribution in [0.25, 0.3) is 0 Å². The molecule has 30 heavy (non-hydrogen) atoms. The van der Waals surface area contributed by atoms with Gasteiger partial charge >= 0.3 is 6.03 Å². The maximum absolute atomic E-state index is 13.0. The predicted molar refractivity (Wildman–Crippen MR) is 114 cm³/mol. The average Bonchev–Trinajstić information content (AvgIpc) is 2.92. The minimum atomic E-state index is -0.837. The lowest BCUT2D eigenvalue weighted by Crippen LogP contribution is -2.51. The molecular formula is C23H33N3O4. The van der Waals surface area contributed by atoms with Gasteiger partial charge in [-0.2, -0.15) is 0 Å². The molecule has 1 spiro atoms. The highest BCUT2D eigenvalue weighted by atomic mass is 16.5. The number of hydrogen-bond acceptors (Lipinski definition) is 4. The standard InChI is InChI=1S/C23H33N3O4/c1-22(2,3)17-9-12-23(13-10-17)20(28)26(21(29)25-23)15-19(27)24-14-11-16-7-5-6-8-18(16)30-4/h5-8,17H,9-15H2,1-4H3,(H,24,27)(H,25,29). The molecule has 0 unspecified atom stereocenters. The molecule has 3 rings (SSSR count). The zero-order valence-corrected chi connectivity index (χ0v) is 18.4. The fourth-order valence-corrected chi connectivity index (χ4v) is 4.58. The van der Waals surface area contributed by atoms with E-state index >= 15 is 0 Å². The second-order valence-electron chi connectivity index (χ2n) is 9.46. The van der Waals surface area contributed by atoms with Crippen molar-refractivity contribution in [2.24, 2.45) is 11.3 Å². The van der Waals surface area contributed by atoms with Crippen LogP contribution in [0.4, 0.5) is 4.79 Å². The van der Waals surface area contributed by atoms with E-state index in [0.29, 0.717) is 31.7 Å². The first kappa shape index (κ1) is 22.1. The van der Waals surface area contributed by atoms with Crippen molar-refractivity contribution >= 4 is 17.8 Å². The van der Waals surface area contributed by atoms with Crippen molar-refractivity contribution in [1.82, 2.24) is 15.5 Å². The van der Waals surface area contributed by atoms with Gasteiger partial charge in [0.1, 0.15) is 17.8 Å². The van der Waals surface area contributed by atoms with Crippen LogP contribution >= 0.6 is 0 Å². The number of urea groups is 1. The van der Waals surface area contributed by atoms with Crippen molar-refractivity contribution in [3.8, 4) is 5.75 Å². The van der Waals surface area contributed by atoms with E-state index in [9.17, 15) is 14.4 Å². The number of imide groups is 1. The molecule has 1 saturated carbocycles. The molecule has 2 N–H and O–H groups in total. The summed E-state index contributed by atoms with van der Waals surface area (Å²) >= 11 is 0. The molecule has 1 aromatic rings. The normalized spacial score (nSPS) is 24.1. The third-order valence-corrected chi connectivity index (χ3v) is 6.52. The number of methoxy groups -OCH3 is 1. The Hall–Kier alpha value is -2.57. The number of amides is 4.